The van der Waals surface area contributed by atoms with Crippen LogP contribution in [-0.4, -0.2) is 49.2 Å². The van der Waals surface area contributed by atoms with E-state index in [2.05, 4.69) is 22.3 Å². The van der Waals surface area contributed by atoms with Crippen molar-refractivity contribution >= 4 is 28.2 Å². The molecule has 0 spiro atoms. The maximum absolute atomic E-state index is 12.7. The fourth-order valence-corrected chi connectivity index (χ4v) is 4.89. The SMILES string of the molecule is CCOC(=O)c1c(C2CC2)csc1NC(=O)CC1CN(Cc2ccccc2)CCO1. The number of benzene rings is 1. The van der Waals surface area contributed by atoms with Crippen molar-refractivity contribution in [3.05, 3.63) is 52.4 Å². The number of morpholine rings is 1. The number of esters is 1. The molecule has 1 saturated heterocycles. The van der Waals surface area contributed by atoms with Crippen LogP contribution in [-0.2, 0) is 20.8 Å². The lowest BCUT2D eigenvalue weighted by atomic mass is 10.1. The highest BCUT2D eigenvalue weighted by molar-refractivity contribution is 7.15. The predicted octanol–water partition coefficient (Wildman–Crippen LogP) is 4.03. The number of ether oxygens (including phenoxy) is 2. The normalized spacial score (nSPS) is 19.4. The number of hydrogen-bond acceptors (Lipinski definition) is 6. The smallest absolute Gasteiger partial charge is 0.341 e. The van der Waals surface area contributed by atoms with E-state index in [1.165, 1.54) is 16.9 Å². The molecule has 1 N–H and O–H groups in total. The minimum Gasteiger partial charge on any atom is -0.462 e. The van der Waals surface area contributed by atoms with Gasteiger partial charge in [0.25, 0.3) is 0 Å². The zero-order valence-corrected chi connectivity index (χ0v) is 18.1. The van der Waals surface area contributed by atoms with Gasteiger partial charge >= 0.3 is 5.97 Å². The Kier molecular flexibility index (Phi) is 6.82. The van der Waals surface area contributed by atoms with Gasteiger partial charge in [0.1, 0.15) is 5.00 Å². The highest BCUT2D eigenvalue weighted by atomic mass is 32.1. The van der Waals surface area contributed by atoms with Crippen LogP contribution in [0.3, 0.4) is 0 Å². The summed E-state index contributed by atoms with van der Waals surface area (Å²) in [4.78, 5) is 27.5. The Balaban J connectivity index is 1.36. The third kappa shape index (κ3) is 5.28. The lowest BCUT2D eigenvalue weighted by Gasteiger charge is -2.32. The van der Waals surface area contributed by atoms with E-state index in [0.717, 1.165) is 31.5 Å². The molecule has 30 heavy (non-hydrogen) atoms. The number of thiophene rings is 1. The van der Waals surface area contributed by atoms with Gasteiger partial charge in [0.2, 0.25) is 5.91 Å². The van der Waals surface area contributed by atoms with Crippen molar-refractivity contribution in [2.75, 3.05) is 31.6 Å². The molecule has 1 aliphatic heterocycles. The van der Waals surface area contributed by atoms with Crippen LogP contribution in [0.15, 0.2) is 35.7 Å². The van der Waals surface area contributed by atoms with Gasteiger partial charge in [-0.15, -0.1) is 11.3 Å². The van der Waals surface area contributed by atoms with Gasteiger partial charge in [-0.2, -0.15) is 0 Å². The Morgan fingerprint density at radius 2 is 2.07 bits per heavy atom. The molecule has 4 rings (SSSR count). The average Bonchev–Trinajstić information content (AvgIpc) is 3.49. The van der Waals surface area contributed by atoms with Gasteiger partial charge in [0.05, 0.1) is 31.3 Å². The van der Waals surface area contributed by atoms with E-state index < -0.39 is 0 Å². The third-order valence-corrected chi connectivity index (χ3v) is 6.37. The summed E-state index contributed by atoms with van der Waals surface area (Å²) in [5.74, 6) is -0.0604. The summed E-state index contributed by atoms with van der Waals surface area (Å²) < 4.78 is 11.1. The van der Waals surface area contributed by atoms with E-state index in [9.17, 15) is 9.59 Å². The van der Waals surface area contributed by atoms with Gasteiger partial charge in [0, 0.05) is 19.6 Å². The maximum atomic E-state index is 12.7. The summed E-state index contributed by atoms with van der Waals surface area (Å²) in [6, 6.07) is 10.3. The average molecular weight is 429 g/mol. The molecule has 2 aliphatic rings. The van der Waals surface area contributed by atoms with Gasteiger partial charge in [0.15, 0.2) is 0 Å². The van der Waals surface area contributed by atoms with E-state index in [-0.39, 0.29) is 24.4 Å². The first kappa shape index (κ1) is 21.0. The van der Waals surface area contributed by atoms with E-state index in [1.807, 2.05) is 23.6 Å². The Morgan fingerprint density at radius 3 is 2.80 bits per heavy atom. The van der Waals surface area contributed by atoms with Crippen molar-refractivity contribution in [2.45, 2.75) is 44.8 Å². The Morgan fingerprint density at radius 1 is 1.27 bits per heavy atom. The van der Waals surface area contributed by atoms with Crippen LogP contribution in [0.5, 0.6) is 0 Å². The summed E-state index contributed by atoms with van der Waals surface area (Å²) in [5.41, 5.74) is 2.80. The quantitative estimate of drug-likeness (QED) is 0.643. The highest BCUT2D eigenvalue weighted by Crippen LogP contribution is 2.46. The highest BCUT2D eigenvalue weighted by Gasteiger charge is 2.32. The van der Waals surface area contributed by atoms with Gasteiger partial charge in [-0.05, 0) is 42.2 Å². The molecule has 0 radical (unpaired) electrons. The summed E-state index contributed by atoms with van der Waals surface area (Å²) in [5, 5.41) is 5.52. The predicted molar refractivity (Wildman–Crippen MR) is 117 cm³/mol. The Hall–Kier alpha value is -2.22. The van der Waals surface area contributed by atoms with Crippen LogP contribution in [0, 0.1) is 0 Å². The van der Waals surface area contributed by atoms with Gasteiger partial charge in [-0.1, -0.05) is 30.3 Å². The number of nitrogens with one attached hydrogen (secondary N) is 1. The van der Waals surface area contributed by atoms with Crippen LogP contribution >= 0.6 is 11.3 Å². The van der Waals surface area contributed by atoms with Gasteiger partial charge < -0.3 is 14.8 Å². The molecule has 1 amide bonds. The fraction of sp³-hybridized carbons (Fsp3) is 0.478. The molecule has 1 saturated carbocycles. The zero-order valence-electron chi connectivity index (χ0n) is 17.3. The molecule has 7 heteroatoms. The number of anilines is 1. The van der Waals surface area contributed by atoms with Crippen molar-refractivity contribution < 1.29 is 19.1 Å². The number of nitrogens with zero attached hydrogens (tertiary/aromatic N) is 1. The third-order valence-electron chi connectivity index (χ3n) is 5.45. The minimum absolute atomic E-state index is 0.128. The molecule has 6 nitrogen and oxygen atoms in total. The summed E-state index contributed by atoms with van der Waals surface area (Å²) in [6.07, 6.45) is 2.29. The number of amides is 1. The minimum atomic E-state index is -0.348. The largest absolute Gasteiger partial charge is 0.462 e. The molecule has 1 unspecified atom stereocenters. The van der Waals surface area contributed by atoms with E-state index in [1.54, 1.807) is 6.92 Å². The molecule has 1 aromatic carbocycles. The van der Waals surface area contributed by atoms with Gasteiger partial charge in [-0.3, -0.25) is 9.69 Å². The maximum Gasteiger partial charge on any atom is 0.341 e. The summed E-state index contributed by atoms with van der Waals surface area (Å²) in [7, 11) is 0. The molecule has 160 valence electrons. The molecule has 0 bridgehead atoms. The van der Waals surface area contributed by atoms with Crippen LogP contribution in [0.4, 0.5) is 5.00 Å². The molecule has 1 aromatic heterocycles. The van der Waals surface area contributed by atoms with Gasteiger partial charge in [-0.25, -0.2) is 4.79 Å². The molecular weight excluding hydrogens is 400 g/mol. The van der Waals surface area contributed by atoms with Crippen LogP contribution < -0.4 is 5.32 Å². The Bertz CT molecular complexity index is 879. The first-order chi connectivity index (χ1) is 14.6. The van der Waals surface area contributed by atoms with E-state index >= 15 is 0 Å². The molecule has 2 fully saturated rings. The topological polar surface area (TPSA) is 67.9 Å². The second-order valence-corrected chi connectivity index (χ2v) is 8.74. The molecule has 2 aromatic rings. The van der Waals surface area contributed by atoms with Crippen molar-refractivity contribution in [3.63, 3.8) is 0 Å². The molecule has 1 aliphatic carbocycles. The van der Waals surface area contributed by atoms with Crippen molar-refractivity contribution in [1.29, 1.82) is 0 Å². The first-order valence-corrected chi connectivity index (χ1v) is 11.5. The van der Waals surface area contributed by atoms with E-state index in [4.69, 9.17) is 9.47 Å². The van der Waals surface area contributed by atoms with Crippen LogP contribution in [0.2, 0.25) is 0 Å². The fourth-order valence-electron chi connectivity index (χ4n) is 3.85. The molecule has 2 heterocycles. The monoisotopic (exact) mass is 428 g/mol. The van der Waals surface area contributed by atoms with Crippen LogP contribution in [0.1, 0.15) is 53.6 Å². The van der Waals surface area contributed by atoms with Crippen molar-refractivity contribution in [1.82, 2.24) is 4.90 Å². The summed E-state index contributed by atoms with van der Waals surface area (Å²) >= 11 is 1.41. The van der Waals surface area contributed by atoms with Crippen molar-refractivity contribution in [2.24, 2.45) is 0 Å². The van der Waals surface area contributed by atoms with Crippen molar-refractivity contribution in [3.8, 4) is 0 Å². The van der Waals surface area contributed by atoms with Crippen LogP contribution in [0.25, 0.3) is 0 Å². The molecular formula is C23H28N2O4S. The molecule has 1 atom stereocenters. The lowest BCUT2D eigenvalue weighted by molar-refractivity contribution is -0.121. The number of hydrogen-bond donors (Lipinski definition) is 1. The second kappa shape index (κ2) is 9.73. The number of carbonyl (C=O) groups excluding carboxylic acids is 2. The lowest BCUT2D eigenvalue weighted by Crippen LogP contribution is -2.43. The first-order valence-electron chi connectivity index (χ1n) is 10.6. The second-order valence-electron chi connectivity index (χ2n) is 7.86. The number of carbonyl (C=O) groups is 2. The van der Waals surface area contributed by atoms with E-state index in [0.29, 0.717) is 36.2 Å². The zero-order chi connectivity index (χ0) is 20.9. The number of rotatable bonds is 8. The standard InChI is InChI=1S/C23H28N2O4S/c1-2-28-23(27)21-19(17-8-9-17)15-30-22(21)24-20(26)12-18-14-25(10-11-29-18)13-16-6-4-3-5-7-16/h3-7,15,17-18H,2,8-14H2,1H3,(H,24,26). The Labute approximate surface area is 181 Å². The summed E-state index contributed by atoms with van der Waals surface area (Å²) in [6.45, 7) is 5.15.